The van der Waals surface area contributed by atoms with E-state index < -0.39 is 0 Å². The van der Waals surface area contributed by atoms with Crippen LogP contribution in [0.15, 0.2) is 36.0 Å². The van der Waals surface area contributed by atoms with Crippen LogP contribution in [0, 0.1) is 0 Å². The number of halogens is 1. The fourth-order valence-electron chi connectivity index (χ4n) is 1.95. The fraction of sp³-hybridized carbons (Fsp3) is 0.0769. The molecular formula is C13H11ClN4S. The topological polar surface area (TPSA) is 56.7 Å². The Bertz CT molecular complexity index is 718. The third-order valence-electron chi connectivity index (χ3n) is 2.87. The van der Waals surface area contributed by atoms with Crippen LogP contribution in [0.1, 0.15) is 0 Å². The fourth-order valence-corrected chi connectivity index (χ4v) is 3.09. The first-order valence-electron chi connectivity index (χ1n) is 5.64. The molecule has 0 saturated heterocycles. The predicted octanol–water partition coefficient (Wildman–Crippen LogP) is 3.45. The maximum atomic E-state index is 6.20. The normalized spacial score (nSPS) is 10.8. The molecule has 6 heteroatoms. The number of nitrogen functional groups attached to an aromatic ring is 1. The molecule has 0 aromatic carbocycles. The standard InChI is InChI=1S/C13H11ClN4S/c1-18-13(15)10(8-3-2-5-16-7-8)11(17-18)12-9(14)4-6-19-12/h2-7H,15H2,1H3. The van der Waals surface area contributed by atoms with Crippen molar-refractivity contribution in [3.8, 4) is 21.7 Å². The second-order valence-corrected chi connectivity index (χ2v) is 5.40. The Kier molecular flexibility index (Phi) is 3.00. The Morgan fingerprint density at radius 3 is 2.84 bits per heavy atom. The zero-order valence-corrected chi connectivity index (χ0v) is 11.7. The van der Waals surface area contributed by atoms with E-state index in [0.717, 1.165) is 21.7 Å². The van der Waals surface area contributed by atoms with Crippen LogP contribution in [-0.2, 0) is 7.05 Å². The van der Waals surface area contributed by atoms with Crippen molar-refractivity contribution in [2.75, 3.05) is 5.73 Å². The molecule has 0 amide bonds. The van der Waals surface area contributed by atoms with E-state index >= 15 is 0 Å². The molecule has 3 aromatic heterocycles. The van der Waals surface area contributed by atoms with Gasteiger partial charge in [0.05, 0.1) is 15.5 Å². The van der Waals surface area contributed by atoms with E-state index in [0.29, 0.717) is 10.8 Å². The molecule has 0 saturated carbocycles. The summed E-state index contributed by atoms with van der Waals surface area (Å²) in [6, 6.07) is 5.70. The van der Waals surface area contributed by atoms with Crippen molar-refractivity contribution in [3.05, 3.63) is 41.0 Å². The van der Waals surface area contributed by atoms with Crippen molar-refractivity contribution in [2.45, 2.75) is 0 Å². The first-order chi connectivity index (χ1) is 9.18. The molecule has 3 aromatic rings. The van der Waals surface area contributed by atoms with Crippen LogP contribution in [0.3, 0.4) is 0 Å². The molecule has 4 nitrogen and oxygen atoms in total. The minimum Gasteiger partial charge on any atom is -0.383 e. The van der Waals surface area contributed by atoms with Crippen LogP contribution < -0.4 is 5.73 Å². The van der Waals surface area contributed by atoms with Crippen LogP contribution in [0.4, 0.5) is 5.82 Å². The summed E-state index contributed by atoms with van der Waals surface area (Å²) in [7, 11) is 1.82. The van der Waals surface area contributed by atoms with Gasteiger partial charge < -0.3 is 5.73 Å². The molecule has 3 rings (SSSR count). The Balaban J connectivity index is 2.28. The number of aryl methyl sites for hydroxylation is 1. The van der Waals surface area contributed by atoms with E-state index in [4.69, 9.17) is 17.3 Å². The average Bonchev–Trinajstić information content (AvgIpc) is 2.96. The first-order valence-corrected chi connectivity index (χ1v) is 6.90. The maximum Gasteiger partial charge on any atom is 0.130 e. The second-order valence-electron chi connectivity index (χ2n) is 4.07. The molecule has 0 aliphatic carbocycles. The quantitative estimate of drug-likeness (QED) is 0.786. The number of nitrogens with zero attached hydrogens (tertiary/aromatic N) is 3. The van der Waals surface area contributed by atoms with Gasteiger partial charge in [-0.25, -0.2) is 0 Å². The molecule has 0 aliphatic heterocycles. The predicted molar refractivity (Wildman–Crippen MR) is 79.2 cm³/mol. The highest BCUT2D eigenvalue weighted by molar-refractivity contribution is 7.14. The number of nitrogens with two attached hydrogens (primary N) is 1. The summed E-state index contributed by atoms with van der Waals surface area (Å²) in [4.78, 5) is 5.06. The number of pyridine rings is 1. The molecule has 0 spiro atoms. The Hall–Kier alpha value is -1.85. The van der Waals surface area contributed by atoms with E-state index in [9.17, 15) is 0 Å². The van der Waals surface area contributed by atoms with Crippen molar-refractivity contribution in [3.63, 3.8) is 0 Å². The highest BCUT2D eigenvalue weighted by atomic mass is 35.5. The van der Waals surface area contributed by atoms with Gasteiger partial charge in [0.2, 0.25) is 0 Å². The van der Waals surface area contributed by atoms with E-state index in [1.807, 2.05) is 30.6 Å². The smallest absolute Gasteiger partial charge is 0.130 e. The summed E-state index contributed by atoms with van der Waals surface area (Å²) >= 11 is 7.75. The average molecular weight is 291 g/mol. The highest BCUT2D eigenvalue weighted by Gasteiger charge is 2.20. The molecule has 19 heavy (non-hydrogen) atoms. The van der Waals surface area contributed by atoms with Crippen molar-refractivity contribution >= 4 is 28.8 Å². The van der Waals surface area contributed by atoms with Gasteiger partial charge in [0.25, 0.3) is 0 Å². The van der Waals surface area contributed by atoms with Gasteiger partial charge in [0, 0.05) is 25.0 Å². The molecule has 0 radical (unpaired) electrons. The Morgan fingerprint density at radius 2 is 2.21 bits per heavy atom. The SMILES string of the molecule is Cn1nc(-c2sccc2Cl)c(-c2cccnc2)c1N. The number of aromatic nitrogens is 3. The van der Waals surface area contributed by atoms with Crippen LogP contribution >= 0.6 is 22.9 Å². The van der Waals surface area contributed by atoms with Crippen molar-refractivity contribution < 1.29 is 0 Å². The van der Waals surface area contributed by atoms with Gasteiger partial charge in [-0.2, -0.15) is 5.10 Å². The van der Waals surface area contributed by atoms with Gasteiger partial charge in [-0.15, -0.1) is 11.3 Å². The number of hydrogen-bond acceptors (Lipinski definition) is 4. The van der Waals surface area contributed by atoms with Gasteiger partial charge in [0.1, 0.15) is 11.5 Å². The van der Waals surface area contributed by atoms with Crippen LogP contribution in [0.25, 0.3) is 21.7 Å². The zero-order chi connectivity index (χ0) is 13.4. The maximum absolute atomic E-state index is 6.20. The molecule has 0 atom stereocenters. The lowest BCUT2D eigenvalue weighted by atomic mass is 10.1. The number of anilines is 1. The molecule has 0 bridgehead atoms. The Morgan fingerprint density at radius 1 is 1.37 bits per heavy atom. The minimum absolute atomic E-state index is 0.604. The van der Waals surface area contributed by atoms with Crippen molar-refractivity contribution in [2.24, 2.45) is 7.05 Å². The summed E-state index contributed by atoms with van der Waals surface area (Å²) < 4.78 is 1.66. The molecular weight excluding hydrogens is 280 g/mol. The highest BCUT2D eigenvalue weighted by Crippen LogP contribution is 2.40. The summed E-state index contributed by atoms with van der Waals surface area (Å²) in [5, 5.41) is 7.11. The second kappa shape index (κ2) is 4.68. The lowest BCUT2D eigenvalue weighted by Crippen LogP contribution is -1.98. The van der Waals surface area contributed by atoms with Gasteiger partial charge in [-0.05, 0) is 17.5 Å². The van der Waals surface area contributed by atoms with Gasteiger partial charge >= 0.3 is 0 Å². The zero-order valence-electron chi connectivity index (χ0n) is 10.2. The summed E-state index contributed by atoms with van der Waals surface area (Å²) in [5.74, 6) is 0.604. The molecule has 96 valence electrons. The van der Waals surface area contributed by atoms with E-state index in [1.165, 1.54) is 0 Å². The van der Waals surface area contributed by atoms with Gasteiger partial charge in [-0.3, -0.25) is 9.67 Å². The number of rotatable bonds is 2. The molecule has 2 N–H and O–H groups in total. The number of hydrogen-bond donors (Lipinski definition) is 1. The van der Waals surface area contributed by atoms with Gasteiger partial charge in [-0.1, -0.05) is 17.7 Å². The van der Waals surface area contributed by atoms with Crippen molar-refractivity contribution in [1.29, 1.82) is 0 Å². The third kappa shape index (κ3) is 2.01. The van der Waals surface area contributed by atoms with Crippen molar-refractivity contribution in [1.82, 2.24) is 14.8 Å². The molecule has 0 fully saturated rings. The largest absolute Gasteiger partial charge is 0.383 e. The third-order valence-corrected chi connectivity index (χ3v) is 4.22. The van der Waals surface area contributed by atoms with E-state index in [-0.39, 0.29) is 0 Å². The van der Waals surface area contributed by atoms with E-state index in [2.05, 4.69) is 10.1 Å². The summed E-state index contributed by atoms with van der Waals surface area (Å²) in [5.41, 5.74) is 8.74. The first kappa shape index (κ1) is 12.2. The molecule has 0 unspecified atom stereocenters. The van der Waals surface area contributed by atoms with Crippen LogP contribution in [0.5, 0.6) is 0 Å². The summed E-state index contributed by atoms with van der Waals surface area (Å²) in [6.07, 6.45) is 3.51. The van der Waals surface area contributed by atoms with Crippen LogP contribution in [-0.4, -0.2) is 14.8 Å². The monoisotopic (exact) mass is 290 g/mol. The lowest BCUT2D eigenvalue weighted by molar-refractivity contribution is 0.783. The Labute approximate surface area is 119 Å². The lowest BCUT2D eigenvalue weighted by Gasteiger charge is -2.02. The molecule has 3 heterocycles. The number of thiophene rings is 1. The van der Waals surface area contributed by atoms with Gasteiger partial charge in [0.15, 0.2) is 0 Å². The minimum atomic E-state index is 0.604. The summed E-state index contributed by atoms with van der Waals surface area (Å²) in [6.45, 7) is 0. The molecule has 0 aliphatic rings. The van der Waals surface area contributed by atoms with Crippen LogP contribution in [0.2, 0.25) is 5.02 Å². The van der Waals surface area contributed by atoms with E-state index in [1.54, 1.807) is 28.4 Å².